The highest BCUT2D eigenvalue weighted by Gasteiger charge is 2.28. The molecule has 1 aromatic heterocycles. The summed E-state index contributed by atoms with van der Waals surface area (Å²) in [6.07, 6.45) is 2.75. The molecule has 1 aliphatic carbocycles. The first-order valence-corrected chi connectivity index (χ1v) is 9.76. The number of carbonyl (C=O) groups is 2. The van der Waals surface area contributed by atoms with Crippen LogP contribution in [0.5, 0.6) is 5.75 Å². The molecule has 26 heavy (non-hydrogen) atoms. The van der Waals surface area contributed by atoms with Crippen molar-refractivity contribution in [1.29, 1.82) is 0 Å². The number of aryl methyl sites for hydroxylation is 1. The number of esters is 1. The fraction of sp³-hybridized carbons (Fsp3) is 0.333. The zero-order valence-corrected chi connectivity index (χ0v) is 16.4. The number of benzene rings is 1. The first kappa shape index (κ1) is 19.0. The van der Waals surface area contributed by atoms with E-state index in [1.54, 1.807) is 25.1 Å². The number of rotatable bonds is 6. The maximum Gasteiger partial charge on any atom is 0.341 e. The van der Waals surface area contributed by atoms with Crippen LogP contribution in [0.1, 0.15) is 34.1 Å². The lowest BCUT2D eigenvalue weighted by molar-refractivity contribution is -0.118. The topological polar surface area (TPSA) is 64.6 Å². The molecular formula is C18H17Cl2NO4S. The van der Waals surface area contributed by atoms with Crippen molar-refractivity contribution in [2.24, 2.45) is 0 Å². The van der Waals surface area contributed by atoms with Crippen molar-refractivity contribution in [1.82, 2.24) is 0 Å². The lowest BCUT2D eigenvalue weighted by Gasteiger charge is -2.10. The quantitative estimate of drug-likeness (QED) is 0.694. The van der Waals surface area contributed by atoms with Gasteiger partial charge in [-0.3, -0.25) is 4.79 Å². The third kappa shape index (κ3) is 3.98. The Kier molecular flexibility index (Phi) is 6.06. The minimum Gasteiger partial charge on any atom is -0.482 e. The summed E-state index contributed by atoms with van der Waals surface area (Å²) >= 11 is 13.4. The van der Waals surface area contributed by atoms with Crippen LogP contribution in [0.3, 0.4) is 0 Å². The van der Waals surface area contributed by atoms with Crippen LogP contribution in [0, 0.1) is 0 Å². The van der Waals surface area contributed by atoms with Gasteiger partial charge in [0.05, 0.1) is 17.2 Å². The molecule has 3 rings (SSSR count). The molecule has 0 spiro atoms. The molecule has 0 unspecified atom stereocenters. The Morgan fingerprint density at radius 2 is 2.08 bits per heavy atom. The van der Waals surface area contributed by atoms with Gasteiger partial charge in [-0.25, -0.2) is 4.79 Å². The Morgan fingerprint density at radius 1 is 1.27 bits per heavy atom. The van der Waals surface area contributed by atoms with Crippen LogP contribution in [-0.4, -0.2) is 25.1 Å². The van der Waals surface area contributed by atoms with Crippen LogP contribution >= 0.6 is 34.5 Å². The minimum atomic E-state index is -0.402. The number of thiophene rings is 1. The highest BCUT2D eigenvalue weighted by molar-refractivity contribution is 7.17. The third-order valence-electron chi connectivity index (χ3n) is 3.93. The van der Waals surface area contributed by atoms with E-state index in [0.29, 0.717) is 21.3 Å². The Labute approximate surface area is 165 Å². The molecule has 1 heterocycles. The second-order valence-corrected chi connectivity index (χ2v) is 7.56. The van der Waals surface area contributed by atoms with E-state index < -0.39 is 5.97 Å². The Hall–Kier alpha value is -1.76. The van der Waals surface area contributed by atoms with Crippen LogP contribution in [0.25, 0.3) is 0 Å². The van der Waals surface area contributed by atoms with Crippen LogP contribution in [0.2, 0.25) is 10.0 Å². The van der Waals surface area contributed by atoms with Crippen molar-refractivity contribution in [2.75, 3.05) is 18.5 Å². The molecule has 5 nitrogen and oxygen atoms in total. The highest BCUT2D eigenvalue weighted by atomic mass is 35.5. The standard InChI is InChI=1S/C18H17Cl2NO4S/c1-2-24-18(23)15-10-5-3-8-13(10)26-17(15)21-14(22)9-25-12-7-4-6-11(19)16(12)20/h4,6-7H,2-3,5,8-9H2,1H3,(H,21,22). The van der Waals surface area contributed by atoms with Gasteiger partial charge < -0.3 is 14.8 Å². The molecule has 1 N–H and O–H groups in total. The minimum absolute atomic E-state index is 0.245. The first-order chi connectivity index (χ1) is 12.5. The summed E-state index contributed by atoms with van der Waals surface area (Å²) in [5.74, 6) is -0.457. The summed E-state index contributed by atoms with van der Waals surface area (Å²) < 4.78 is 10.6. The van der Waals surface area contributed by atoms with E-state index in [1.165, 1.54) is 11.3 Å². The number of hydrogen-bond donors (Lipinski definition) is 1. The van der Waals surface area contributed by atoms with E-state index in [1.807, 2.05) is 0 Å². The summed E-state index contributed by atoms with van der Waals surface area (Å²) in [4.78, 5) is 25.7. The summed E-state index contributed by atoms with van der Waals surface area (Å²) in [5.41, 5.74) is 1.46. The molecule has 0 aliphatic heterocycles. The number of halogens is 2. The van der Waals surface area contributed by atoms with Gasteiger partial charge in [0.15, 0.2) is 6.61 Å². The third-order valence-corrected chi connectivity index (χ3v) is 5.94. The fourth-order valence-electron chi connectivity index (χ4n) is 2.81. The number of anilines is 1. The second-order valence-electron chi connectivity index (χ2n) is 5.67. The lowest BCUT2D eigenvalue weighted by atomic mass is 10.1. The van der Waals surface area contributed by atoms with Crippen molar-refractivity contribution in [3.8, 4) is 5.75 Å². The number of nitrogens with one attached hydrogen (secondary N) is 1. The summed E-state index contributed by atoms with van der Waals surface area (Å²) in [5, 5.41) is 3.88. The van der Waals surface area contributed by atoms with Gasteiger partial charge >= 0.3 is 5.97 Å². The van der Waals surface area contributed by atoms with Gasteiger partial charge in [-0.15, -0.1) is 11.3 Å². The maximum absolute atomic E-state index is 12.3. The van der Waals surface area contributed by atoms with E-state index in [-0.39, 0.29) is 24.1 Å². The van der Waals surface area contributed by atoms with E-state index in [2.05, 4.69) is 5.32 Å². The Balaban J connectivity index is 1.71. The molecule has 0 radical (unpaired) electrons. The van der Waals surface area contributed by atoms with Gasteiger partial charge in [0.1, 0.15) is 15.8 Å². The number of carbonyl (C=O) groups excluding carboxylic acids is 2. The molecule has 1 aliphatic rings. The zero-order valence-electron chi connectivity index (χ0n) is 14.1. The zero-order chi connectivity index (χ0) is 18.7. The first-order valence-electron chi connectivity index (χ1n) is 8.19. The Morgan fingerprint density at radius 3 is 2.85 bits per heavy atom. The monoisotopic (exact) mass is 413 g/mol. The van der Waals surface area contributed by atoms with Crippen LogP contribution in [0.4, 0.5) is 5.00 Å². The smallest absolute Gasteiger partial charge is 0.341 e. The highest BCUT2D eigenvalue weighted by Crippen LogP contribution is 2.39. The van der Waals surface area contributed by atoms with E-state index in [0.717, 1.165) is 29.7 Å². The van der Waals surface area contributed by atoms with Crippen molar-refractivity contribution < 1.29 is 19.1 Å². The second kappa shape index (κ2) is 8.29. The summed E-state index contributed by atoms with van der Waals surface area (Å²) in [6, 6.07) is 4.95. The summed E-state index contributed by atoms with van der Waals surface area (Å²) in [7, 11) is 0. The SMILES string of the molecule is CCOC(=O)c1c(NC(=O)COc2cccc(Cl)c2Cl)sc2c1CCC2. The van der Waals surface area contributed by atoms with Crippen molar-refractivity contribution in [3.05, 3.63) is 44.2 Å². The average molecular weight is 414 g/mol. The molecule has 0 saturated heterocycles. The number of ether oxygens (including phenoxy) is 2. The van der Waals surface area contributed by atoms with E-state index in [9.17, 15) is 9.59 Å². The molecular weight excluding hydrogens is 397 g/mol. The predicted octanol–water partition coefficient (Wildman–Crippen LogP) is 4.74. The number of hydrogen-bond acceptors (Lipinski definition) is 5. The molecule has 1 aromatic carbocycles. The van der Waals surface area contributed by atoms with E-state index >= 15 is 0 Å². The molecule has 138 valence electrons. The lowest BCUT2D eigenvalue weighted by Crippen LogP contribution is -2.21. The van der Waals surface area contributed by atoms with Gasteiger partial charge in [-0.2, -0.15) is 0 Å². The molecule has 0 saturated carbocycles. The molecule has 0 fully saturated rings. The van der Waals surface area contributed by atoms with Crippen LogP contribution in [0.15, 0.2) is 18.2 Å². The number of fused-ring (bicyclic) bond motifs is 1. The van der Waals surface area contributed by atoms with Crippen LogP contribution in [-0.2, 0) is 22.4 Å². The van der Waals surface area contributed by atoms with Gasteiger partial charge in [0.2, 0.25) is 0 Å². The Bertz CT molecular complexity index is 850. The molecule has 2 aromatic rings. The average Bonchev–Trinajstić information content (AvgIpc) is 3.17. The molecule has 8 heteroatoms. The van der Waals surface area contributed by atoms with Crippen molar-refractivity contribution in [2.45, 2.75) is 26.2 Å². The molecule has 1 amide bonds. The normalized spacial score (nSPS) is 12.6. The van der Waals surface area contributed by atoms with E-state index in [4.69, 9.17) is 32.7 Å². The number of amides is 1. The van der Waals surface area contributed by atoms with Crippen molar-refractivity contribution >= 4 is 51.4 Å². The predicted molar refractivity (Wildman–Crippen MR) is 103 cm³/mol. The fourth-order valence-corrected chi connectivity index (χ4v) is 4.45. The van der Waals surface area contributed by atoms with Gasteiger partial charge in [0, 0.05) is 4.88 Å². The van der Waals surface area contributed by atoms with Gasteiger partial charge in [-0.1, -0.05) is 29.3 Å². The molecule has 0 bridgehead atoms. The van der Waals surface area contributed by atoms with Gasteiger partial charge in [0.25, 0.3) is 5.91 Å². The largest absolute Gasteiger partial charge is 0.482 e. The molecule has 0 atom stereocenters. The van der Waals surface area contributed by atoms with Crippen LogP contribution < -0.4 is 10.1 Å². The van der Waals surface area contributed by atoms with Crippen molar-refractivity contribution in [3.63, 3.8) is 0 Å². The van der Waals surface area contributed by atoms with Gasteiger partial charge in [-0.05, 0) is 43.9 Å². The summed E-state index contributed by atoms with van der Waals surface area (Å²) in [6.45, 7) is 1.80. The maximum atomic E-state index is 12.3.